The molecule has 0 N–H and O–H groups in total. The number of hydrogen-bond donors (Lipinski definition) is 0. The van der Waals surface area contributed by atoms with E-state index in [0.29, 0.717) is 45.0 Å². The van der Waals surface area contributed by atoms with Crippen molar-refractivity contribution in [3.63, 3.8) is 0 Å². The molecular weight excluding hydrogens is 371 g/mol. The van der Waals surface area contributed by atoms with Crippen LogP contribution in [0.2, 0.25) is 0 Å². The van der Waals surface area contributed by atoms with Crippen molar-refractivity contribution < 1.29 is 22.3 Å². The molecule has 2 aliphatic heterocycles. The molecule has 0 radical (unpaired) electrons. The fraction of sp³-hybridized carbons (Fsp3) is 0.316. The van der Waals surface area contributed by atoms with Crippen molar-refractivity contribution in [2.24, 2.45) is 0 Å². The van der Waals surface area contributed by atoms with E-state index < -0.39 is 15.8 Å². The van der Waals surface area contributed by atoms with Gasteiger partial charge in [-0.3, -0.25) is 4.79 Å². The Bertz CT molecular complexity index is 987. The van der Waals surface area contributed by atoms with Crippen molar-refractivity contribution in [1.29, 1.82) is 0 Å². The summed E-state index contributed by atoms with van der Waals surface area (Å²) < 4.78 is 45.7. The Morgan fingerprint density at radius 3 is 2.56 bits per heavy atom. The van der Waals surface area contributed by atoms with Crippen molar-refractivity contribution in [1.82, 2.24) is 4.31 Å². The Balaban J connectivity index is 1.62. The zero-order chi connectivity index (χ0) is 19.0. The lowest BCUT2D eigenvalue weighted by Gasteiger charge is -2.26. The third kappa shape index (κ3) is 3.36. The topological polar surface area (TPSA) is 66.9 Å². The maximum atomic E-state index is 13.4. The number of morpholine rings is 1. The maximum absolute atomic E-state index is 13.4. The first-order chi connectivity index (χ1) is 13.0. The summed E-state index contributed by atoms with van der Waals surface area (Å²) in [4.78, 5) is 14.5. The molecular formula is C19H19FN2O4S. The summed E-state index contributed by atoms with van der Waals surface area (Å²) in [6.07, 6.45) is 0.558. The summed E-state index contributed by atoms with van der Waals surface area (Å²) in [5.74, 6) is -0.760. The van der Waals surface area contributed by atoms with Crippen LogP contribution in [0.3, 0.4) is 0 Å². The second-order valence-electron chi connectivity index (χ2n) is 6.52. The van der Waals surface area contributed by atoms with Crippen LogP contribution in [-0.2, 0) is 21.2 Å². The van der Waals surface area contributed by atoms with E-state index in [9.17, 15) is 17.6 Å². The second kappa shape index (κ2) is 7.03. The molecule has 1 fully saturated rings. The number of rotatable bonds is 3. The molecule has 27 heavy (non-hydrogen) atoms. The van der Waals surface area contributed by atoms with E-state index in [2.05, 4.69) is 0 Å². The number of halogens is 1. The summed E-state index contributed by atoms with van der Waals surface area (Å²) >= 11 is 0. The largest absolute Gasteiger partial charge is 0.379 e. The minimum Gasteiger partial charge on any atom is -0.379 e. The van der Waals surface area contributed by atoms with Crippen molar-refractivity contribution in [2.75, 3.05) is 37.7 Å². The summed E-state index contributed by atoms with van der Waals surface area (Å²) in [5, 5.41) is 0. The van der Waals surface area contributed by atoms with Gasteiger partial charge >= 0.3 is 0 Å². The molecule has 0 aliphatic carbocycles. The Hall–Kier alpha value is -2.29. The number of amides is 1. The normalized spacial score (nSPS) is 17.7. The fourth-order valence-corrected chi connectivity index (χ4v) is 4.92. The van der Waals surface area contributed by atoms with E-state index in [1.807, 2.05) is 0 Å². The molecule has 2 heterocycles. The molecule has 0 saturated carbocycles. The maximum Gasteiger partial charge on any atom is 0.258 e. The van der Waals surface area contributed by atoms with Crippen molar-refractivity contribution >= 4 is 21.6 Å². The van der Waals surface area contributed by atoms with E-state index in [4.69, 9.17) is 4.74 Å². The van der Waals surface area contributed by atoms with Crippen LogP contribution in [0.5, 0.6) is 0 Å². The van der Waals surface area contributed by atoms with Gasteiger partial charge in [-0.15, -0.1) is 0 Å². The van der Waals surface area contributed by atoms with Gasteiger partial charge in [0.2, 0.25) is 10.0 Å². The van der Waals surface area contributed by atoms with Crippen LogP contribution in [-0.4, -0.2) is 51.5 Å². The molecule has 4 rings (SSSR count). The van der Waals surface area contributed by atoms with Crippen LogP contribution >= 0.6 is 0 Å². The predicted molar refractivity (Wildman–Crippen MR) is 97.8 cm³/mol. The highest BCUT2D eigenvalue weighted by Gasteiger charge is 2.30. The lowest BCUT2D eigenvalue weighted by atomic mass is 10.1. The van der Waals surface area contributed by atoms with Gasteiger partial charge in [-0.25, -0.2) is 12.8 Å². The number of nitrogens with zero attached hydrogens (tertiary/aromatic N) is 2. The van der Waals surface area contributed by atoms with Crippen molar-refractivity contribution in [2.45, 2.75) is 11.3 Å². The van der Waals surface area contributed by atoms with E-state index >= 15 is 0 Å². The Labute approximate surface area is 157 Å². The minimum absolute atomic E-state index is 0.225. The molecule has 2 aromatic carbocycles. The number of hydrogen-bond acceptors (Lipinski definition) is 4. The summed E-state index contributed by atoms with van der Waals surface area (Å²) in [7, 11) is -3.58. The van der Waals surface area contributed by atoms with Crippen LogP contribution in [0.4, 0.5) is 10.1 Å². The van der Waals surface area contributed by atoms with Gasteiger partial charge in [0.05, 0.1) is 18.1 Å². The highest BCUT2D eigenvalue weighted by molar-refractivity contribution is 7.89. The van der Waals surface area contributed by atoms with Crippen molar-refractivity contribution in [3.8, 4) is 0 Å². The molecule has 0 aromatic heterocycles. The number of ether oxygens (including phenoxy) is 1. The van der Waals surface area contributed by atoms with Crippen molar-refractivity contribution in [3.05, 3.63) is 59.4 Å². The van der Waals surface area contributed by atoms with Gasteiger partial charge < -0.3 is 9.64 Å². The third-order valence-electron chi connectivity index (χ3n) is 4.87. The first-order valence-electron chi connectivity index (χ1n) is 8.75. The van der Waals surface area contributed by atoms with Gasteiger partial charge in [-0.1, -0.05) is 6.07 Å². The summed E-state index contributed by atoms with van der Waals surface area (Å²) in [6.45, 7) is 1.89. The molecule has 6 nitrogen and oxygen atoms in total. The number of benzene rings is 2. The SMILES string of the molecule is O=C(c1cccc(F)c1)N1CCc2cc(S(=O)(=O)N3CCOCC3)ccc21. The zero-order valence-electron chi connectivity index (χ0n) is 14.6. The van der Waals surface area contributed by atoms with Crippen LogP contribution in [0.1, 0.15) is 15.9 Å². The quantitative estimate of drug-likeness (QED) is 0.805. The van der Waals surface area contributed by atoms with Crippen LogP contribution in [0.25, 0.3) is 0 Å². The Kier molecular flexibility index (Phi) is 4.71. The Morgan fingerprint density at radius 1 is 1.04 bits per heavy atom. The number of carbonyl (C=O) groups is 1. The molecule has 1 saturated heterocycles. The molecule has 0 bridgehead atoms. The van der Waals surface area contributed by atoms with Crippen LogP contribution in [0, 0.1) is 5.82 Å². The first-order valence-corrected chi connectivity index (χ1v) is 10.2. The number of carbonyl (C=O) groups excluding carboxylic acids is 1. The average molecular weight is 390 g/mol. The molecule has 142 valence electrons. The predicted octanol–water partition coefficient (Wildman–Crippen LogP) is 2.05. The molecule has 2 aliphatic rings. The van der Waals surface area contributed by atoms with Gasteiger partial charge in [-0.2, -0.15) is 4.31 Å². The van der Waals surface area contributed by atoms with E-state index in [-0.39, 0.29) is 16.4 Å². The van der Waals surface area contributed by atoms with Gasteiger partial charge in [0, 0.05) is 30.9 Å². The molecule has 0 spiro atoms. The second-order valence-corrected chi connectivity index (χ2v) is 8.46. The smallest absolute Gasteiger partial charge is 0.258 e. The van der Waals surface area contributed by atoms with Crippen LogP contribution in [0.15, 0.2) is 47.4 Å². The molecule has 1 amide bonds. The summed E-state index contributed by atoms with van der Waals surface area (Å²) in [5.41, 5.74) is 1.74. The van der Waals surface area contributed by atoms with Gasteiger partial charge in [0.15, 0.2) is 0 Å². The van der Waals surface area contributed by atoms with Gasteiger partial charge in [-0.05, 0) is 48.4 Å². The standard InChI is InChI=1S/C19H19FN2O4S/c20-16-3-1-2-15(12-16)19(23)22-7-6-14-13-17(4-5-18(14)22)27(24,25)21-8-10-26-11-9-21/h1-5,12-13H,6-11H2. The van der Waals surface area contributed by atoms with Gasteiger partial charge in [0.1, 0.15) is 5.82 Å². The lowest BCUT2D eigenvalue weighted by molar-refractivity contribution is 0.0730. The highest BCUT2D eigenvalue weighted by atomic mass is 32.2. The van der Waals surface area contributed by atoms with E-state index in [1.165, 1.54) is 28.6 Å². The minimum atomic E-state index is -3.58. The fourth-order valence-electron chi connectivity index (χ4n) is 3.46. The molecule has 0 atom stereocenters. The molecule has 0 unspecified atom stereocenters. The van der Waals surface area contributed by atoms with E-state index in [0.717, 1.165) is 5.56 Å². The molecule has 8 heteroatoms. The van der Waals surface area contributed by atoms with Gasteiger partial charge in [0.25, 0.3) is 5.91 Å². The summed E-state index contributed by atoms with van der Waals surface area (Å²) in [6, 6.07) is 10.4. The van der Waals surface area contributed by atoms with Crippen LogP contribution < -0.4 is 4.90 Å². The monoisotopic (exact) mass is 390 g/mol. The molecule has 2 aromatic rings. The Morgan fingerprint density at radius 2 is 1.81 bits per heavy atom. The third-order valence-corrected chi connectivity index (χ3v) is 6.77. The number of sulfonamides is 1. The number of anilines is 1. The average Bonchev–Trinajstić information content (AvgIpc) is 3.11. The van der Waals surface area contributed by atoms with E-state index in [1.54, 1.807) is 23.1 Å². The highest BCUT2D eigenvalue weighted by Crippen LogP contribution is 2.32. The lowest BCUT2D eigenvalue weighted by Crippen LogP contribution is -2.40. The zero-order valence-corrected chi connectivity index (χ0v) is 15.4. The first kappa shape index (κ1) is 18.1. The number of fused-ring (bicyclic) bond motifs is 1.